The number of carbonyl (C=O) groups is 1. The molecular formula is C23H24FN3O3. The molecule has 6 nitrogen and oxygen atoms in total. The van der Waals surface area contributed by atoms with Crippen LogP contribution in [0.3, 0.4) is 0 Å². The molecule has 1 amide bonds. The van der Waals surface area contributed by atoms with E-state index in [1.165, 1.54) is 0 Å². The van der Waals surface area contributed by atoms with E-state index in [-0.39, 0.29) is 6.10 Å². The molecule has 1 atom stereocenters. The highest BCUT2D eigenvalue weighted by Gasteiger charge is 2.47. The first-order chi connectivity index (χ1) is 14.6. The van der Waals surface area contributed by atoms with Crippen molar-refractivity contribution in [1.82, 2.24) is 14.3 Å². The molecule has 0 unspecified atom stereocenters. The Morgan fingerprint density at radius 3 is 2.67 bits per heavy atom. The summed E-state index contributed by atoms with van der Waals surface area (Å²) in [5.74, 6) is 0.419. The molecule has 30 heavy (non-hydrogen) atoms. The number of alkyl halides is 1. The lowest BCUT2D eigenvalue weighted by Crippen LogP contribution is -2.53. The van der Waals surface area contributed by atoms with E-state index in [1.54, 1.807) is 18.3 Å². The molecule has 156 valence electrons. The van der Waals surface area contributed by atoms with Crippen LogP contribution in [0.15, 0.2) is 48.9 Å². The number of benzene rings is 1. The van der Waals surface area contributed by atoms with Gasteiger partial charge in [0.25, 0.3) is 5.91 Å². The normalized spacial score (nSPS) is 20.7. The van der Waals surface area contributed by atoms with Gasteiger partial charge in [0.2, 0.25) is 0 Å². The lowest BCUT2D eigenvalue weighted by atomic mass is 9.81. The zero-order valence-corrected chi connectivity index (χ0v) is 16.9. The van der Waals surface area contributed by atoms with E-state index in [2.05, 4.69) is 4.98 Å². The van der Waals surface area contributed by atoms with Gasteiger partial charge < -0.3 is 18.8 Å². The fourth-order valence-corrected chi connectivity index (χ4v) is 4.21. The Balaban J connectivity index is 1.38. The van der Waals surface area contributed by atoms with Gasteiger partial charge in [0.05, 0.1) is 37.8 Å². The van der Waals surface area contributed by atoms with Crippen LogP contribution < -0.4 is 4.74 Å². The second kappa shape index (κ2) is 7.40. The summed E-state index contributed by atoms with van der Waals surface area (Å²) >= 11 is 0. The Labute approximate surface area is 174 Å². The van der Waals surface area contributed by atoms with Crippen molar-refractivity contribution in [2.45, 2.75) is 31.0 Å². The summed E-state index contributed by atoms with van der Waals surface area (Å²) in [6.45, 7) is 1.14. The van der Waals surface area contributed by atoms with Crippen molar-refractivity contribution in [1.29, 1.82) is 0 Å². The topological polar surface area (TPSA) is 56.1 Å². The smallest absolute Gasteiger partial charge is 0.260 e. The van der Waals surface area contributed by atoms with E-state index in [1.807, 2.05) is 47.0 Å². The Kier molecular flexibility index (Phi) is 4.70. The molecule has 0 spiro atoms. The average molecular weight is 409 g/mol. The number of nitrogens with zero attached hydrogens (tertiary/aromatic N) is 3. The molecule has 1 aliphatic carbocycles. The standard InChI is InChI=1S/C23H24FN3O3/c1-29-18-6-3-16(4-7-18)17-5-8-19-21(25-15-27(19)13-17)20-14-26(11-12-30-20)22(28)23(24)9-2-10-23/h3-8,13,15,20H,2,9-12,14H2,1H3/t20-/m0/s1. The SMILES string of the molecule is COc1ccc(-c2ccc3c([C@@H]4CN(C(=O)C5(F)CCC5)CCO4)ncn3c2)cc1. The van der Waals surface area contributed by atoms with E-state index in [0.717, 1.165) is 34.5 Å². The molecule has 2 aromatic heterocycles. The van der Waals surface area contributed by atoms with Crippen LogP contribution in [-0.2, 0) is 9.53 Å². The number of pyridine rings is 1. The van der Waals surface area contributed by atoms with Crippen LogP contribution in [0.25, 0.3) is 16.6 Å². The summed E-state index contributed by atoms with van der Waals surface area (Å²) < 4.78 is 27.7. The molecule has 0 radical (unpaired) electrons. The average Bonchev–Trinajstić information content (AvgIpc) is 3.20. The van der Waals surface area contributed by atoms with Crippen molar-refractivity contribution < 1.29 is 18.7 Å². The number of hydrogen-bond acceptors (Lipinski definition) is 4. The third-order valence-corrected chi connectivity index (χ3v) is 6.17. The maximum Gasteiger partial charge on any atom is 0.260 e. The monoisotopic (exact) mass is 409 g/mol. The van der Waals surface area contributed by atoms with Gasteiger partial charge in [0, 0.05) is 12.7 Å². The van der Waals surface area contributed by atoms with Crippen LogP contribution in [0.2, 0.25) is 0 Å². The first-order valence-corrected chi connectivity index (χ1v) is 10.3. The number of carbonyl (C=O) groups excluding carboxylic acids is 1. The highest BCUT2D eigenvalue weighted by atomic mass is 19.1. The lowest BCUT2D eigenvalue weighted by Gasteiger charge is -2.40. The molecule has 1 saturated heterocycles. The van der Waals surface area contributed by atoms with Gasteiger partial charge in [-0.15, -0.1) is 0 Å². The molecule has 5 rings (SSSR count). The van der Waals surface area contributed by atoms with Crippen LogP contribution >= 0.6 is 0 Å². The molecule has 1 aliphatic heterocycles. The van der Waals surface area contributed by atoms with Gasteiger partial charge in [-0.05, 0) is 48.6 Å². The van der Waals surface area contributed by atoms with Crippen LogP contribution in [0.1, 0.15) is 31.1 Å². The van der Waals surface area contributed by atoms with E-state index >= 15 is 0 Å². The molecule has 1 aromatic carbocycles. The zero-order valence-electron chi connectivity index (χ0n) is 16.9. The molecule has 3 heterocycles. The molecular weight excluding hydrogens is 385 g/mol. The third-order valence-electron chi connectivity index (χ3n) is 6.17. The molecule has 2 fully saturated rings. The number of methoxy groups -OCH3 is 1. The first kappa shape index (κ1) is 19.1. The van der Waals surface area contributed by atoms with Gasteiger partial charge in [0.15, 0.2) is 5.67 Å². The van der Waals surface area contributed by atoms with Crippen LogP contribution in [0.4, 0.5) is 4.39 Å². The number of halogens is 1. The Bertz CT molecular complexity index is 1070. The summed E-state index contributed by atoms with van der Waals surface area (Å²) in [5.41, 5.74) is 2.15. The summed E-state index contributed by atoms with van der Waals surface area (Å²) in [5, 5.41) is 0. The predicted molar refractivity (Wildman–Crippen MR) is 110 cm³/mol. The summed E-state index contributed by atoms with van der Waals surface area (Å²) in [6.07, 6.45) is 4.85. The summed E-state index contributed by atoms with van der Waals surface area (Å²) in [7, 11) is 1.65. The number of morpholine rings is 1. The molecule has 0 N–H and O–H groups in total. The van der Waals surface area contributed by atoms with Crippen LogP contribution in [0, 0.1) is 0 Å². The largest absolute Gasteiger partial charge is 0.497 e. The molecule has 0 bridgehead atoms. The molecule has 1 saturated carbocycles. The highest BCUT2D eigenvalue weighted by molar-refractivity contribution is 5.86. The predicted octanol–water partition coefficient (Wildman–Crippen LogP) is 3.80. The number of ether oxygens (including phenoxy) is 2. The number of aromatic nitrogens is 2. The highest BCUT2D eigenvalue weighted by Crippen LogP contribution is 2.38. The summed E-state index contributed by atoms with van der Waals surface area (Å²) in [4.78, 5) is 18.7. The van der Waals surface area contributed by atoms with Crippen molar-refractivity contribution >= 4 is 11.4 Å². The quantitative estimate of drug-likeness (QED) is 0.658. The van der Waals surface area contributed by atoms with E-state index in [9.17, 15) is 9.18 Å². The maximum absolute atomic E-state index is 14.6. The molecule has 3 aromatic rings. The molecule has 2 aliphatic rings. The number of hydrogen-bond donors (Lipinski definition) is 0. The fraction of sp³-hybridized carbons (Fsp3) is 0.391. The van der Waals surface area contributed by atoms with Gasteiger partial charge in [-0.3, -0.25) is 4.79 Å². The second-order valence-electron chi connectivity index (χ2n) is 8.00. The van der Waals surface area contributed by atoms with E-state index in [4.69, 9.17) is 9.47 Å². The molecule has 7 heteroatoms. The zero-order chi connectivity index (χ0) is 20.7. The van der Waals surface area contributed by atoms with E-state index in [0.29, 0.717) is 32.5 Å². The van der Waals surface area contributed by atoms with Crippen molar-refractivity contribution in [2.24, 2.45) is 0 Å². The van der Waals surface area contributed by atoms with Crippen molar-refractivity contribution in [3.05, 3.63) is 54.6 Å². The summed E-state index contributed by atoms with van der Waals surface area (Å²) in [6, 6.07) is 11.9. The van der Waals surface area contributed by atoms with Gasteiger partial charge in [-0.2, -0.15) is 0 Å². The van der Waals surface area contributed by atoms with Crippen molar-refractivity contribution in [3.8, 4) is 16.9 Å². The Morgan fingerprint density at radius 1 is 1.20 bits per heavy atom. The van der Waals surface area contributed by atoms with Crippen molar-refractivity contribution in [3.63, 3.8) is 0 Å². The van der Waals surface area contributed by atoms with Gasteiger partial charge in [-0.1, -0.05) is 18.2 Å². The minimum Gasteiger partial charge on any atom is -0.497 e. The minimum absolute atomic E-state index is 0.329. The van der Waals surface area contributed by atoms with Gasteiger partial charge in [0.1, 0.15) is 11.9 Å². The maximum atomic E-state index is 14.6. The second-order valence-corrected chi connectivity index (χ2v) is 8.00. The Morgan fingerprint density at radius 2 is 1.97 bits per heavy atom. The van der Waals surface area contributed by atoms with Crippen LogP contribution in [-0.4, -0.2) is 52.7 Å². The number of imidazole rings is 1. The number of amides is 1. The third kappa shape index (κ3) is 3.23. The van der Waals surface area contributed by atoms with E-state index < -0.39 is 11.6 Å². The Hall–Kier alpha value is -2.93. The minimum atomic E-state index is -1.68. The van der Waals surface area contributed by atoms with Crippen molar-refractivity contribution in [2.75, 3.05) is 26.8 Å². The number of rotatable bonds is 4. The first-order valence-electron chi connectivity index (χ1n) is 10.3. The van der Waals surface area contributed by atoms with Gasteiger partial charge in [-0.25, -0.2) is 9.37 Å². The van der Waals surface area contributed by atoms with Gasteiger partial charge >= 0.3 is 0 Å². The lowest BCUT2D eigenvalue weighted by molar-refractivity contribution is -0.157. The number of fused-ring (bicyclic) bond motifs is 1. The van der Waals surface area contributed by atoms with Crippen LogP contribution in [0.5, 0.6) is 5.75 Å². The fourth-order valence-electron chi connectivity index (χ4n) is 4.21.